The maximum Gasteiger partial charge on any atom is 0.187 e. The number of para-hydroxylation sites is 1. The fourth-order valence-electron chi connectivity index (χ4n) is 1.55. The quantitative estimate of drug-likeness (QED) is 0.646. The molecule has 0 fully saturated rings. The lowest BCUT2D eigenvalue weighted by Crippen LogP contribution is -1.90. The van der Waals surface area contributed by atoms with Crippen LogP contribution < -0.4 is 0 Å². The van der Waals surface area contributed by atoms with Crippen molar-refractivity contribution >= 4 is 22.6 Å². The lowest BCUT2D eigenvalue weighted by atomic mass is 10.2. The van der Waals surface area contributed by atoms with E-state index in [0.717, 1.165) is 16.5 Å². The number of benzene rings is 1. The smallest absolute Gasteiger partial charge is 0.187 e. The monoisotopic (exact) mass is 231 g/mol. The van der Waals surface area contributed by atoms with Crippen LogP contribution in [0, 0.1) is 0 Å². The Morgan fingerprint density at radius 1 is 1.19 bits per heavy atom. The number of nitrogens with zero attached hydrogens (tertiary/aromatic N) is 3. The van der Waals surface area contributed by atoms with Crippen molar-refractivity contribution in [2.45, 2.75) is 0 Å². The summed E-state index contributed by atoms with van der Waals surface area (Å²) in [5.41, 5.74) is 1.59. The van der Waals surface area contributed by atoms with Gasteiger partial charge in [0, 0.05) is 5.39 Å². The third-order valence-electron chi connectivity index (χ3n) is 2.25. The molecule has 0 aliphatic rings. The molecule has 3 rings (SSSR count). The average molecular weight is 232 g/mol. The fraction of sp³-hybridized carbons (Fsp3) is 0. The molecule has 0 radical (unpaired) electrons. The van der Waals surface area contributed by atoms with Crippen molar-refractivity contribution in [3.63, 3.8) is 0 Å². The minimum Gasteiger partial charge on any atom is -0.464 e. The van der Waals surface area contributed by atoms with Gasteiger partial charge in [-0.05, 0) is 6.07 Å². The molecule has 0 aliphatic heterocycles. The van der Waals surface area contributed by atoms with Crippen LogP contribution in [0.25, 0.3) is 22.4 Å². The van der Waals surface area contributed by atoms with E-state index in [4.69, 9.17) is 16.0 Å². The number of hydrogen-bond acceptors (Lipinski definition) is 4. The number of aromatic nitrogens is 3. The van der Waals surface area contributed by atoms with Crippen molar-refractivity contribution in [3.05, 3.63) is 41.9 Å². The molecule has 0 bridgehead atoms. The molecule has 5 heteroatoms. The molecule has 0 spiro atoms. The minimum absolute atomic E-state index is 0.315. The summed E-state index contributed by atoms with van der Waals surface area (Å²) in [5.74, 6) is 0.470. The zero-order valence-corrected chi connectivity index (χ0v) is 8.85. The summed E-state index contributed by atoms with van der Waals surface area (Å²) in [6.07, 6.45) is 3.01. The van der Waals surface area contributed by atoms with Crippen LogP contribution in [0.4, 0.5) is 0 Å². The van der Waals surface area contributed by atoms with Crippen LogP contribution in [0.3, 0.4) is 0 Å². The summed E-state index contributed by atoms with van der Waals surface area (Å²) >= 11 is 5.77. The zero-order valence-electron chi connectivity index (χ0n) is 8.09. The van der Waals surface area contributed by atoms with Gasteiger partial charge >= 0.3 is 0 Å². The summed E-state index contributed by atoms with van der Waals surface area (Å²) < 4.78 is 5.39. The Morgan fingerprint density at radius 3 is 2.94 bits per heavy atom. The van der Waals surface area contributed by atoms with E-state index in [1.54, 1.807) is 6.26 Å². The van der Waals surface area contributed by atoms with Crippen molar-refractivity contribution in [2.75, 3.05) is 0 Å². The summed E-state index contributed by atoms with van der Waals surface area (Å²) in [5, 5.41) is 8.95. The fourth-order valence-corrected chi connectivity index (χ4v) is 1.67. The van der Waals surface area contributed by atoms with Crippen LogP contribution in [0.1, 0.15) is 0 Å². The van der Waals surface area contributed by atoms with Crippen molar-refractivity contribution in [1.82, 2.24) is 15.2 Å². The van der Waals surface area contributed by atoms with Crippen LogP contribution in [0.2, 0.25) is 5.15 Å². The molecule has 0 unspecified atom stereocenters. The molecule has 1 aromatic carbocycles. The van der Waals surface area contributed by atoms with Crippen LogP contribution in [-0.4, -0.2) is 15.2 Å². The predicted molar refractivity (Wildman–Crippen MR) is 60.0 cm³/mol. The highest BCUT2D eigenvalue weighted by atomic mass is 35.5. The Balaban J connectivity index is 2.26. The Hall–Kier alpha value is -1.94. The minimum atomic E-state index is 0.315. The molecular formula is C11H6ClN3O. The van der Waals surface area contributed by atoms with Gasteiger partial charge in [-0.3, -0.25) is 0 Å². The molecule has 0 N–H and O–H groups in total. The van der Waals surface area contributed by atoms with Gasteiger partial charge in [-0.2, -0.15) is 5.10 Å². The van der Waals surface area contributed by atoms with Gasteiger partial charge in [0.05, 0.1) is 11.8 Å². The van der Waals surface area contributed by atoms with Gasteiger partial charge in [0.2, 0.25) is 0 Å². The van der Waals surface area contributed by atoms with Crippen LogP contribution in [-0.2, 0) is 0 Å². The van der Waals surface area contributed by atoms with Crippen molar-refractivity contribution in [3.8, 4) is 11.4 Å². The molecule has 4 nitrogen and oxygen atoms in total. The first-order chi connectivity index (χ1) is 7.84. The molecule has 0 saturated carbocycles. The van der Waals surface area contributed by atoms with Crippen molar-refractivity contribution in [2.24, 2.45) is 0 Å². The molecule has 0 aliphatic carbocycles. The van der Waals surface area contributed by atoms with Gasteiger partial charge in [-0.1, -0.05) is 29.8 Å². The first kappa shape index (κ1) is 9.30. The summed E-state index contributed by atoms with van der Waals surface area (Å²) in [4.78, 5) is 4.10. The van der Waals surface area contributed by atoms with E-state index in [0.29, 0.717) is 11.0 Å². The normalized spacial score (nSPS) is 10.8. The van der Waals surface area contributed by atoms with E-state index < -0.39 is 0 Å². The number of fused-ring (bicyclic) bond motifs is 1. The van der Waals surface area contributed by atoms with E-state index in [2.05, 4.69) is 15.2 Å². The van der Waals surface area contributed by atoms with Crippen molar-refractivity contribution < 1.29 is 4.42 Å². The Labute approximate surface area is 95.9 Å². The van der Waals surface area contributed by atoms with Crippen LogP contribution >= 0.6 is 11.6 Å². The second-order valence-corrected chi connectivity index (χ2v) is 3.64. The zero-order chi connectivity index (χ0) is 11.0. The highest BCUT2D eigenvalue weighted by molar-refractivity contribution is 6.29. The third kappa shape index (κ3) is 1.44. The van der Waals surface area contributed by atoms with Gasteiger partial charge in [0.1, 0.15) is 11.8 Å². The summed E-state index contributed by atoms with van der Waals surface area (Å²) in [6, 6.07) is 7.67. The van der Waals surface area contributed by atoms with E-state index >= 15 is 0 Å². The summed E-state index contributed by atoms with van der Waals surface area (Å²) in [7, 11) is 0. The van der Waals surface area contributed by atoms with E-state index in [1.165, 1.54) is 6.20 Å². The molecule has 3 aromatic rings. The van der Waals surface area contributed by atoms with Gasteiger partial charge in [0.15, 0.2) is 11.0 Å². The molecule has 2 heterocycles. The SMILES string of the molecule is Clc1cnnc(-c2coc3ccccc23)n1. The Bertz CT molecular complexity index is 650. The summed E-state index contributed by atoms with van der Waals surface area (Å²) in [6.45, 7) is 0. The first-order valence-electron chi connectivity index (χ1n) is 4.66. The molecule has 2 aromatic heterocycles. The molecular weight excluding hydrogens is 226 g/mol. The molecule has 0 amide bonds. The van der Waals surface area contributed by atoms with E-state index in [1.807, 2.05) is 24.3 Å². The molecule has 16 heavy (non-hydrogen) atoms. The first-order valence-corrected chi connectivity index (χ1v) is 5.04. The van der Waals surface area contributed by atoms with Gasteiger partial charge < -0.3 is 4.42 Å². The maximum absolute atomic E-state index is 5.77. The predicted octanol–water partition coefficient (Wildman–Crippen LogP) is 2.94. The third-order valence-corrected chi connectivity index (χ3v) is 2.43. The van der Waals surface area contributed by atoms with Gasteiger partial charge in [-0.15, -0.1) is 5.10 Å². The standard InChI is InChI=1S/C11H6ClN3O/c12-10-5-13-15-11(14-10)8-6-16-9-4-2-1-3-7(8)9/h1-6H. The molecule has 0 saturated heterocycles. The Morgan fingerprint density at radius 2 is 2.06 bits per heavy atom. The topological polar surface area (TPSA) is 51.8 Å². The number of rotatable bonds is 1. The van der Waals surface area contributed by atoms with Crippen molar-refractivity contribution in [1.29, 1.82) is 0 Å². The van der Waals surface area contributed by atoms with E-state index in [9.17, 15) is 0 Å². The van der Waals surface area contributed by atoms with Crippen LogP contribution in [0.5, 0.6) is 0 Å². The largest absolute Gasteiger partial charge is 0.464 e. The Kier molecular flexibility index (Phi) is 2.08. The maximum atomic E-state index is 5.77. The molecule has 0 atom stereocenters. The number of halogens is 1. The lowest BCUT2D eigenvalue weighted by Gasteiger charge is -1.95. The lowest BCUT2D eigenvalue weighted by molar-refractivity contribution is 0.616. The van der Waals surface area contributed by atoms with Crippen LogP contribution in [0.15, 0.2) is 41.1 Å². The van der Waals surface area contributed by atoms with Gasteiger partial charge in [-0.25, -0.2) is 4.98 Å². The number of hydrogen-bond donors (Lipinski definition) is 0. The van der Waals surface area contributed by atoms with E-state index in [-0.39, 0.29) is 0 Å². The second-order valence-electron chi connectivity index (χ2n) is 3.25. The van der Waals surface area contributed by atoms with Gasteiger partial charge in [0.25, 0.3) is 0 Å². The highest BCUT2D eigenvalue weighted by Crippen LogP contribution is 2.27. The second kappa shape index (κ2) is 3.57. The highest BCUT2D eigenvalue weighted by Gasteiger charge is 2.10. The number of furan rings is 1. The molecule has 78 valence electrons. The average Bonchev–Trinajstić information content (AvgIpc) is 2.72.